The van der Waals surface area contributed by atoms with E-state index in [1.54, 1.807) is 0 Å². The van der Waals surface area contributed by atoms with Gasteiger partial charge in [-0.3, -0.25) is 9.69 Å². The van der Waals surface area contributed by atoms with Gasteiger partial charge in [-0.25, -0.2) is 0 Å². The Labute approximate surface area is 128 Å². The molecular formula is C13H27Cl2N3O. The number of carbonyl (C=O) groups is 1. The van der Waals surface area contributed by atoms with Gasteiger partial charge in [-0.1, -0.05) is 6.92 Å². The third-order valence-corrected chi connectivity index (χ3v) is 4.12. The second-order valence-corrected chi connectivity index (χ2v) is 5.34. The normalized spacial score (nSPS) is 25.4. The lowest BCUT2D eigenvalue weighted by Gasteiger charge is -2.38. The van der Waals surface area contributed by atoms with Crippen LogP contribution in [0.5, 0.6) is 0 Å². The summed E-state index contributed by atoms with van der Waals surface area (Å²) in [7, 11) is 0. The molecule has 2 saturated heterocycles. The van der Waals surface area contributed by atoms with E-state index in [0.29, 0.717) is 6.04 Å². The summed E-state index contributed by atoms with van der Waals surface area (Å²) in [6.45, 7) is 6.20. The summed E-state index contributed by atoms with van der Waals surface area (Å²) >= 11 is 0. The zero-order valence-electron chi connectivity index (χ0n) is 11.7. The first kappa shape index (κ1) is 19.0. The van der Waals surface area contributed by atoms with Crippen LogP contribution in [0.3, 0.4) is 0 Å². The summed E-state index contributed by atoms with van der Waals surface area (Å²) in [6.07, 6.45) is 5.75. The molecule has 0 radical (unpaired) electrons. The Kier molecular flexibility index (Phi) is 8.99. The number of hydrogen-bond acceptors (Lipinski definition) is 3. The number of amides is 1. The van der Waals surface area contributed by atoms with Crippen LogP contribution >= 0.6 is 24.8 Å². The predicted molar refractivity (Wildman–Crippen MR) is 83.2 cm³/mol. The Balaban J connectivity index is 0.00000162. The van der Waals surface area contributed by atoms with E-state index in [4.69, 9.17) is 5.73 Å². The van der Waals surface area contributed by atoms with E-state index in [-0.39, 0.29) is 36.8 Å². The molecule has 4 nitrogen and oxygen atoms in total. The summed E-state index contributed by atoms with van der Waals surface area (Å²) in [6, 6.07) is 0.284. The van der Waals surface area contributed by atoms with Crippen molar-refractivity contribution < 1.29 is 4.79 Å². The summed E-state index contributed by atoms with van der Waals surface area (Å²) in [5.41, 5.74) is 5.84. The molecule has 2 heterocycles. The molecule has 6 heteroatoms. The van der Waals surface area contributed by atoms with Crippen LogP contribution in [0.1, 0.15) is 39.0 Å². The summed E-state index contributed by atoms with van der Waals surface area (Å²) in [5, 5.41) is 0. The molecule has 2 fully saturated rings. The molecule has 0 aromatic carbocycles. The number of halogens is 2. The van der Waals surface area contributed by atoms with Gasteiger partial charge in [-0.05, 0) is 45.2 Å². The van der Waals surface area contributed by atoms with Crippen molar-refractivity contribution in [2.75, 3.05) is 26.2 Å². The Morgan fingerprint density at radius 3 is 2.42 bits per heavy atom. The standard InChI is InChI=1S/C13H25N3O.2ClH/c1-2-12(14)13(17)16-9-5-6-11(10-16)15-7-3-4-8-15;;/h11-12H,2-10,14H2,1H3;2*1H/t11?,12-;;/m0../s1. The Morgan fingerprint density at radius 1 is 1.21 bits per heavy atom. The molecule has 0 aliphatic carbocycles. The lowest BCUT2D eigenvalue weighted by molar-refractivity contribution is -0.134. The summed E-state index contributed by atoms with van der Waals surface area (Å²) in [4.78, 5) is 16.6. The van der Waals surface area contributed by atoms with E-state index >= 15 is 0 Å². The van der Waals surface area contributed by atoms with Crippen molar-refractivity contribution >= 4 is 30.7 Å². The van der Waals surface area contributed by atoms with Crippen molar-refractivity contribution in [3.63, 3.8) is 0 Å². The second-order valence-electron chi connectivity index (χ2n) is 5.34. The molecule has 0 spiro atoms. The van der Waals surface area contributed by atoms with E-state index in [2.05, 4.69) is 4.90 Å². The Hall–Kier alpha value is -0.0300. The molecule has 2 aliphatic rings. The monoisotopic (exact) mass is 311 g/mol. The minimum absolute atomic E-state index is 0. The molecule has 2 rings (SSSR count). The summed E-state index contributed by atoms with van der Waals surface area (Å²) in [5.74, 6) is 0.149. The number of rotatable bonds is 3. The number of nitrogens with two attached hydrogens (primary N) is 1. The lowest BCUT2D eigenvalue weighted by Crippen LogP contribution is -2.52. The highest BCUT2D eigenvalue weighted by Crippen LogP contribution is 2.20. The summed E-state index contributed by atoms with van der Waals surface area (Å²) < 4.78 is 0. The first-order valence-corrected chi connectivity index (χ1v) is 7.00. The zero-order chi connectivity index (χ0) is 12.3. The Bertz CT molecular complexity index is 273. The third-order valence-electron chi connectivity index (χ3n) is 4.12. The molecule has 0 aromatic rings. The van der Waals surface area contributed by atoms with Crippen LogP contribution in [0.2, 0.25) is 0 Å². The van der Waals surface area contributed by atoms with E-state index in [9.17, 15) is 4.79 Å². The van der Waals surface area contributed by atoms with Crippen LogP contribution < -0.4 is 5.73 Å². The van der Waals surface area contributed by atoms with Crippen LogP contribution in [-0.2, 0) is 4.79 Å². The first-order valence-electron chi connectivity index (χ1n) is 7.00. The van der Waals surface area contributed by atoms with Crippen molar-refractivity contribution in [3.05, 3.63) is 0 Å². The molecule has 0 bridgehead atoms. The minimum atomic E-state index is -0.299. The zero-order valence-corrected chi connectivity index (χ0v) is 13.3. The molecule has 2 N–H and O–H groups in total. The number of carbonyl (C=O) groups excluding carboxylic acids is 1. The lowest BCUT2D eigenvalue weighted by atomic mass is 10.0. The van der Waals surface area contributed by atoms with E-state index in [1.807, 2.05) is 11.8 Å². The van der Waals surface area contributed by atoms with Gasteiger partial charge in [0.2, 0.25) is 5.91 Å². The number of piperidine rings is 1. The number of hydrogen-bond donors (Lipinski definition) is 1. The van der Waals surface area contributed by atoms with Gasteiger partial charge < -0.3 is 10.6 Å². The molecule has 1 unspecified atom stereocenters. The van der Waals surface area contributed by atoms with Crippen LogP contribution in [0.4, 0.5) is 0 Å². The molecule has 2 aliphatic heterocycles. The van der Waals surface area contributed by atoms with Gasteiger partial charge >= 0.3 is 0 Å². The largest absolute Gasteiger partial charge is 0.340 e. The number of nitrogens with zero attached hydrogens (tertiary/aromatic N) is 2. The Morgan fingerprint density at radius 2 is 1.84 bits per heavy atom. The maximum Gasteiger partial charge on any atom is 0.239 e. The highest BCUT2D eigenvalue weighted by atomic mass is 35.5. The smallest absolute Gasteiger partial charge is 0.239 e. The van der Waals surface area contributed by atoms with Crippen molar-refractivity contribution in [3.8, 4) is 0 Å². The van der Waals surface area contributed by atoms with Crippen LogP contribution in [0.25, 0.3) is 0 Å². The van der Waals surface area contributed by atoms with Gasteiger partial charge in [0, 0.05) is 19.1 Å². The van der Waals surface area contributed by atoms with Gasteiger partial charge in [-0.15, -0.1) is 24.8 Å². The van der Waals surface area contributed by atoms with Crippen LogP contribution in [0, 0.1) is 0 Å². The van der Waals surface area contributed by atoms with Crippen molar-refractivity contribution in [1.82, 2.24) is 9.80 Å². The number of likely N-dealkylation sites (tertiary alicyclic amines) is 2. The molecule has 0 aromatic heterocycles. The molecule has 2 atom stereocenters. The predicted octanol–water partition coefficient (Wildman–Crippen LogP) is 1.65. The fourth-order valence-electron chi connectivity index (χ4n) is 2.97. The van der Waals surface area contributed by atoms with Gasteiger partial charge in [-0.2, -0.15) is 0 Å². The average molecular weight is 312 g/mol. The average Bonchev–Trinajstić information content (AvgIpc) is 2.91. The molecule has 114 valence electrons. The molecular weight excluding hydrogens is 285 g/mol. The SMILES string of the molecule is CC[C@H](N)C(=O)N1CCCC(N2CCCC2)C1.Cl.Cl. The quantitative estimate of drug-likeness (QED) is 0.862. The van der Waals surface area contributed by atoms with Gasteiger partial charge in [0.05, 0.1) is 6.04 Å². The van der Waals surface area contributed by atoms with Crippen molar-refractivity contribution in [1.29, 1.82) is 0 Å². The third kappa shape index (κ3) is 4.78. The maximum atomic E-state index is 12.1. The van der Waals surface area contributed by atoms with Crippen molar-refractivity contribution in [2.45, 2.75) is 51.1 Å². The first-order chi connectivity index (χ1) is 8.22. The maximum absolute atomic E-state index is 12.1. The second kappa shape index (κ2) is 9.01. The van der Waals surface area contributed by atoms with E-state index in [0.717, 1.165) is 25.9 Å². The van der Waals surface area contributed by atoms with Crippen LogP contribution in [-0.4, -0.2) is 54.0 Å². The van der Waals surface area contributed by atoms with Gasteiger partial charge in [0.15, 0.2) is 0 Å². The molecule has 1 amide bonds. The highest BCUT2D eigenvalue weighted by Gasteiger charge is 2.30. The molecule has 0 saturated carbocycles. The minimum Gasteiger partial charge on any atom is -0.340 e. The van der Waals surface area contributed by atoms with Crippen molar-refractivity contribution in [2.24, 2.45) is 5.73 Å². The highest BCUT2D eigenvalue weighted by molar-refractivity contribution is 5.85. The van der Waals surface area contributed by atoms with E-state index < -0.39 is 0 Å². The van der Waals surface area contributed by atoms with Gasteiger partial charge in [0.1, 0.15) is 0 Å². The van der Waals surface area contributed by atoms with E-state index in [1.165, 1.54) is 32.4 Å². The fourth-order valence-corrected chi connectivity index (χ4v) is 2.97. The topological polar surface area (TPSA) is 49.6 Å². The van der Waals surface area contributed by atoms with Crippen LogP contribution in [0.15, 0.2) is 0 Å². The fraction of sp³-hybridized carbons (Fsp3) is 0.923. The molecule has 19 heavy (non-hydrogen) atoms. The van der Waals surface area contributed by atoms with Gasteiger partial charge in [0.25, 0.3) is 0 Å².